The van der Waals surface area contributed by atoms with Crippen molar-refractivity contribution in [1.82, 2.24) is 30.2 Å². The Morgan fingerprint density at radius 3 is 2.64 bits per heavy atom. The van der Waals surface area contributed by atoms with Gasteiger partial charge in [-0.05, 0) is 78.5 Å². The molecule has 1 aliphatic rings. The molecule has 0 amide bonds. The van der Waals surface area contributed by atoms with Crippen LogP contribution >= 0.6 is 11.6 Å². The molecule has 198 valence electrons. The van der Waals surface area contributed by atoms with Crippen molar-refractivity contribution in [1.29, 1.82) is 0 Å². The lowest BCUT2D eigenvalue weighted by molar-refractivity contribution is 0.563. The molecule has 39 heavy (non-hydrogen) atoms. The van der Waals surface area contributed by atoms with Crippen molar-refractivity contribution < 1.29 is 0 Å². The zero-order valence-electron chi connectivity index (χ0n) is 21.7. The molecular weight excluding hydrogens is 508 g/mol. The average Bonchev–Trinajstić information content (AvgIpc) is 3.63. The Kier molecular flexibility index (Phi) is 7.36. The number of aromatic nitrogens is 6. The topological polar surface area (TPSA) is 111 Å². The van der Waals surface area contributed by atoms with Gasteiger partial charge in [-0.2, -0.15) is 15.4 Å². The Morgan fingerprint density at radius 1 is 1.05 bits per heavy atom. The number of nitrogens with two attached hydrogens (primary N) is 1. The van der Waals surface area contributed by atoms with Crippen molar-refractivity contribution in [2.45, 2.75) is 50.5 Å². The minimum Gasteiger partial charge on any atom is -0.384 e. The van der Waals surface area contributed by atoms with E-state index in [1.807, 2.05) is 41.2 Å². The maximum absolute atomic E-state index is 6.17. The number of aromatic amines is 1. The van der Waals surface area contributed by atoms with Gasteiger partial charge < -0.3 is 5.73 Å². The second kappa shape index (κ2) is 11.4. The number of fused-ring (bicyclic) bond motifs is 1. The average molecular weight is 539 g/mol. The van der Waals surface area contributed by atoms with Gasteiger partial charge in [0.25, 0.3) is 0 Å². The highest BCUT2D eigenvalue weighted by Gasteiger charge is 2.23. The van der Waals surface area contributed by atoms with E-state index in [4.69, 9.17) is 22.3 Å². The molecule has 6 rings (SSSR count). The number of hydrogen-bond acceptors (Lipinski definition) is 6. The number of rotatable bonds is 8. The van der Waals surface area contributed by atoms with Crippen LogP contribution < -0.4 is 5.73 Å². The fraction of sp³-hybridized carbons (Fsp3) is 0.300. The summed E-state index contributed by atoms with van der Waals surface area (Å²) in [6, 6.07) is 20.6. The third kappa shape index (κ3) is 5.86. The molecule has 0 bridgehead atoms. The highest BCUT2D eigenvalue weighted by atomic mass is 35.5. The van der Waals surface area contributed by atoms with Gasteiger partial charge in [0.05, 0.1) is 12.7 Å². The van der Waals surface area contributed by atoms with E-state index in [9.17, 15) is 0 Å². The van der Waals surface area contributed by atoms with Gasteiger partial charge >= 0.3 is 0 Å². The molecule has 1 aliphatic carbocycles. The molecule has 1 saturated carbocycles. The maximum Gasteiger partial charge on any atom is 0.203 e. The summed E-state index contributed by atoms with van der Waals surface area (Å²) >= 11 is 6.06. The molecule has 0 radical (unpaired) electrons. The van der Waals surface area contributed by atoms with Crippen molar-refractivity contribution in [3.8, 4) is 0 Å². The van der Waals surface area contributed by atoms with Gasteiger partial charge in [0, 0.05) is 29.4 Å². The first-order valence-corrected chi connectivity index (χ1v) is 13.8. The molecule has 0 aliphatic heterocycles. The Balaban J connectivity index is 1.21. The predicted octanol–water partition coefficient (Wildman–Crippen LogP) is 6.15. The lowest BCUT2D eigenvalue weighted by Crippen LogP contribution is -2.14. The van der Waals surface area contributed by atoms with Gasteiger partial charge in [-0.25, -0.2) is 4.98 Å². The minimum absolute atomic E-state index is 0.00637. The zero-order valence-corrected chi connectivity index (χ0v) is 22.4. The summed E-state index contributed by atoms with van der Waals surface area (Å²) in [5.41, 5.74) is 13.4. The number of nitrogen functional groups attached to an aromatic ring is 1. The summed E-state index contributed by atoms with van der Waals surface area (Å²) in [5.74, 6) is 1.06. The van der Waals surface area contributed by atoms with Crippen LogP contribution in [0.15, 0.2) is 78.0 Å². The number of nitrogens with zero attached hydrogens (tertiary/aromatic N) is 6. The van der Waals surface area contributed by atoms with E-state index in [0.29, 0.717) is 23.9 Å². The number of benzene rings is 2. The van der Waals surface area contributed by atoms with Crippen LogP contribution in [0.2, 0.25) is 5.02 Å². The molecule has 3 N–H and O–H groups in total. The lowest BCUT2D eigenvalue weighted by Gasteiger charge is -2.24. The first kappa shape index (κ1) is 25.2. The largest absolute Gasteiger partial charge is 0.384 e. The van der Waals surface area contributed by atoms with Gasteiger partial charge in [-0.3, -0.25) is 9.67 Å². The smallest absolute Gasteiger partial charge is 0.203 e. The van der Waals surface area contributed by atoms with Crippen LogP contribution in [0.1, 0.15) is 66.2 Å². The third-order valence-electron chi connectivity index (χ3n) is 7.62. The first-order valence-electron chi connectivity index (χ1n) is 13.4. The number of hydrogen-bond donors (Lipinski definition) is 2. The Labute approximate surface area is 232 Å². The van der Waals surface area contributed by atoms with Crippen LogP contribution in [-0.4, -0.2) is 42.4 Å². The van der Waals surface area contributed by atoms with Crippen LogP contribution in [0.4, 0.5) is 5.82 Å². The highest BCUT2D eigenvalue weighted by Crippen LogP contribution is 2.34. The molecule has 5 aromatic rings. The van der Waals surface area contributed by atoms with E-state index < -0.39 is 0 Å². The van der Waals surface area contributed by atoms with Crippen molar-refractivity contribution in [3.05, 3.63) is 100 Å². The molecule has 3 aromatic heterocycles. The molecule has 2 aromatic carbocycles. The Hall–Kier alpha value is -4.04. The van der Waals surface area contributed by atoms with E-state index in [1.54, 1.807) is 0 Å². The molecule has 9 heteroatoms. The number of nitrogens with one attached hydrogen (secondary N) is 1. The first-order chi connectivity index (χ1) is 19.1. The summed E-state index contributed by atoms with van der Waals surface area (Å²) in [4.78, 5) is 9.40. The zero-order chi connectivity index (χ0) is 26.6. The van der Waals surface area contributed by atoms with Crippen molar-refractivity contribution >= 4 is 34.3 Å². The number of anilines is 1. The molecule has 0 saturated heterocycles. The molecule has 1 unspecified atom stereocenters. The summed E-state index contributed by atoms with van der Waals surface area (Å²) in [6.45, 7) is 1.38. The van der Waals surface area contributed by atoms with Gasteiger partial charge in [0.2, 0.25) is 5.65 Å². The fourth-order valence-corrected chi connectivity index (χ4v) is 5.71. The summed E-state index contributed by atoms with van der Waals surface area (Å²) in [6.07, 6.45) is 9.26. The van der Waals surface area contributed by atoms with E-state index in [2.05, 4.69) is 62.0 Å². The number of H-pyrrole nitrogens is 1. The normalized spacial score (nSPS) is 16.4. The van der Waals surface area contributed by atoms with Crippen molar-refractivity contribution in [3.63, 3.8) is 0 Å². The maximum atomic E-state index is 6.17. The predicted molar refractivity (Wildman–Crippen MR) is 155 cm³/mol. The summed E-state index contributed by atoms with van der Waals surface area (Å²) < 4.78 is 1.95. The van der Waals surface area contributed by atoms with Gasteiger partial charge in [-0.1, -0.05) is 54.1 Å². The van der Waals surface area contributed by atoms with Crippen LogP contribution in [-0.2, 0) is 6.54 Å². The molecular formula is C30H31ClN8. The minimum atomic E-state index is 0.00637. The number of aliphatic imine (C=N–C) groups is 1. The molecule has 0 spiro atoms. The molecule has 3 heterocycles. The quantitative estimate of drug-likeness (QED) is 0.246. The highest BCUT2D eigenvalue weighted by molar-refractivity contribution is 6.30. The third-order valence-corrected chi connectivity index (χ3v) is 7.87. The molecule has 8 nitrogen and oxygen atoms in total. The van der Waals surface area contributed by atoms with Crippen LogP contribution in [0.25, 0.3) is 11.2 Å². The second-order valence-electron chi connectivity index (χ2n) is 10.2. The fourth-order valence-electron chi connectivity index (χ4n) is 5.59. The SMILES string of the molecule is Nc1cc(C(CCN=C2CCC(c3ccccc3)CC2)c2cnn(Cc3ccc(Cl)cc3)c2)c2n[nH]nc2n1. The van der Waals surface area contributed by atoms with Crippen molar-refractivity contribution in [2.75, 3.05) is 12.3 Å². The molecule has 1 atom stereocenters. The van der Waals surface area contributed by atoms with Gasteiger partial charge in [-0.15, -0.1) is 5.10 Å². The summed E-state index contributed by atoms with van der Waals surface area (Å²) in [5, 5.41) is 16.7. The van der Waals surface area contributed by atoms with Gasteiger partial charge in [0.15, 0.2) is 0 Å². The lowest BCUT2D eigenvalue weighted by atomic mass is 9.83. The van der Waals surface area contributed by atoms with Crippen LogP contribution in [0.5, 0.6) is 0 Å². The monoisotopic (exact) mass is 538 g/mol. The van der Waals surface area contributed by atoms with E-state index in [0.717, 1.165) is 65.9 Å². The Morgan fingerprint density at radius 2 is 1.85 bits per heavy atom. The van der Waals surface area contributed by atoms with Crippen LogP contribution in [0, 0.1) is 0 Å². The second-order valence-corrected chi connectivity index (χ2v) is 10.6. The van der Waals surface area contributed by atoms with Gasteiger partial charge in [0.1, 0.15) is 11.3 Å². The van der Waals surface area contributed by atoms with E-state index >= 15 is 0 Å². The number of halogens is 1. The van der Waals surface area contributed by atoms with E-state index in [-0.39, 0.29) is 5.92 Å². The van der Waals surface area contributed by atoms with E-state index in [1.165, 1.54) is 11.3 Å². The molecule has 1 fully saturated rings. The van der Waals surface area contributed by atoms with Crippen molar-refractivity contribution in [2.24, 2.45) is 4.99 Å². The Bertz CT molecular complexity index is 1560. The van der Waals surface area contributed by atoms with Crippen LogP contribution in [0.3, 0.4) is 0 Å². The summed E-state index contributed by atoms with van der Waals surface area (Å²) in [7, 11) is 0. The number of pyridine rings is 1. The standard InChI is InChI=1S/C30H31ClN8/c31-24-10-6-20(7-11-24)18-39-19-23(17-34-39)26(27-16-28(32)35-30-29(27)36-38-37-30)14-15-33-25-12-8-22(9-13-25)21-4-2-1-3-5-21/h1-7,10-11,16-17,19,22,26H,8-9,12-15,18H2,(H3,32,35,36,37,38).